The quantitative estimate of drug-likeness (QED) is 0.644. The van der Waals surface area contributed by atoms with E-state index in [-0.39, 0.29) is 19.1 Å². The third kappa shape index (κ3) is 5.48. The van der Waals surface area contributed by atoms with Gasteiger partial charge in [-0.2, -0.15) is 0 Å². The van der Waals surface area contributed by atoms with E-state index < -0.39 is 0 Å². The molecule has 0 aromatic carbocycles. The second kappa shape index (κ2) is 8.44. The summed E-state index contributed by atoms with van der Waals surface area (Å²) in [5, 5.41) is 17.7. The van der Waals surface area contributed by atoms with Crippen molar-refractivity contribution in [3.8, 4) is 0 Å². The van der Waals surface area contributed by atoms with Gasteiger partial charge in [0.1, 0.15) is 0 Å². The van der Waals surface area contributed by atoms with Gasteiger partial charge in [0.2, 0.25) is 5.91 Å². The summed E-state index contributed by atoms with van der Waals surface area (Å²) in [5.74, 6) is 0.149. The minimum absolute atomic E-state index is 0.0543. The predicted molar refractivity (Wildman–Crippen MR) is 65.7 cm³/mol. The van der Waals surface area contributed by atoms with E-state index in [1.165, 1.54) is 6.42 Å². The molecule has 0 aliphatic carbocycles. The number of aliphatic hydroxyl groups is 2. The Morgan fingerprint density at radius 1 is 1.06 bits per heavy atom. The molecule has 0 aromatic rings. The lowest BCUT2D eigenvalue weighted by atomic mass is 10.1. The molecule has 1 heterocycles. The summed E-state index contributed by atoms with van der Waals surface area (Å²) >= 11 is 0. The number of amides is 1. The Morgan fingerprint density at radius 2 is 1.76 bits per heavy atom. The van der Waals surface area contributed by atoms with E-state index in [9.17, 15) is 4.79 Å². The molecule has 5 heteroatoms. The number of piperidine rings is 1. The van der Waals surface area contributed by atoms with Gasteiger partial charge >= 0.3 is 0 Å². The molecule has 0 unspecified atom stereocenters. The lowest BCUT2D eigenvalue weighted by molar-refractivity contribution is -0.133. The molecular weight excluding hydrogens is 220 g/mol. The van der Waals surface area contributed by atoms with Gasteiger partial charge in [0.15, 0.2) is 0 Å². The Hall–Kier alpha value is -0.650. The average molecular weight is 244 g/mol. The van der Waals surface area contributed by atoms with Crippen molar-refractivity contribution in [2.45, 2.75) is 25.7 Å². The van der Waals surface area contributed by atoms with Crippen LogP contribution in [0.5, 0.6) is 0 Å². The van der Waals surface area contributed by atoms with Gasteiger partial charge in [0, 0.05) is 32.8 Å². The number of nitrogens with zero attached hydrogens (tertiary/aromatic N) is 2. The van der Waals surface area contributed by atoms with E-state index in [0.29, 0.717) is 26.1 Å². The number of hydrogen-bond acceptors (Lipinski definition) is 4. The van der Waals surface area contributed by atoms with Crippen LogP contribution in [0.25, 0.3) is 0 Å². The van der Waals surface area contributed by atoms with Gasteiger partial charge < -0.3 is 15.1 Å². The number of aliphatic hydroxyl groups excluding tert-OH is 2. The summed E-state index contributed by atoms with van der Waals surface area (Å²) in [6.07, 6.45) is 4.06. The molecule has 1 rings (SSSR count). The Bertz CT molecular complexity index is 218. The first-order chi connectivity index (χ1) is 8.27. The maximum atomic E-state index is 12.0. The van der Waals surface area contributed by atoms with E-state index in [1.807, 2.05) is 9.80 Å². The van der Waals surface area contributed by atoms with Crippen LogP contribution in [0.3, 0.4) is 0 Å². The summed E-state index contributed by atoms with van der Waals surface area (Å²) < 4.78 is 0. The van der Waals surface area contributed by atoms with Gasteiger partial charge in [-0.05, 0) is 25.7 Å². The largest absolute Gasteiger partial charge is 0.396 e. The highest BCUT2D eigenvalue weighted by Gasteiger charge is 2.18. The molecular formula is C12H24N2O3. The van der Waals surface area contributed by atoms with Crippen LogP contribution in [0.1, 0.15) is 25.7 Å². The minimum atomic E-state index is 0.0543. The lowest BCUT2D eigenvalue weighted by Gasteiger charge is -2.29. The molecule has 2 N–H and O–H groups in total. The first kappa shape index (κ1) is 14.4. The van der Waals surface area contributed by atoms with E-state index >= 15 is 0 Å². The lowest BCUT2D eigenvalue weighted by Crippen LogP contribution is -2.43. The van der Waals surface area contributed by atoms with Crippen molar-refractivity contribution >= 4 is 5.91 Å². The van der Waals surface area contributed by atoms with Crippen molar-refractivity contribution in [3.63, 3.8) is 0 Å². The van der Waals surface area contributed by atoms with Gasteiger partial charge in [0.25, 0.3) is 0 Å². The van der Waals surface area contributed by atoms with Gasteiger partial charge in [0.05, 0.1) is 13.2 Å². The molecule has 1 saturated heterocycles. The van der Waals surface area contributed by atoms with E-state index in [4.69, 9.17) is 10.2 Å². The Labute approximate surface area is 103 Å². The Kier molecular flexibility index (Phi) is 7.16. The number of hydrogen-bond donors (Lipinski definition) is 2. The number of carbonyl (C=O) groups excluding carboxylic acids is 1. The highest BCUT2D eigenvalue weighted by molar-refractivity contribution is 5.78. The summed E-state index contributed by atoms with van der Waals surface area (Å²) in [6.45, 7) is 3.44. The third-order valence-electron chi connectivity index (χ3n) is 3.12. The maximum absolute atomic E-state index is 12.0. The molecule has 1 aliphatic rings. The first-order valence-electron chi connectivity index (χ1n) is 6.49. The van der Waals surface area contributed by atoms with E-state index in [1.54, 1.807) is 0 Å². The second-order valence-electron chi connectivity index (χ2n) is 4.52. The molecule has 0 spiro atoms. The fraction of sp³-hybridized carbons (Fsp3) is 0.917. The Balaban J connectivity index is 2.33. The standard InChI is InChI=1S/C12H24N2O3/c15-9-4-5-13(8-10-16)11-12(17)14-6-2-1-3-7-14/h15-16H,1-11H2. The summed E-state index contributed by atoms with van der Waals surface area (Å²) in [6, 6.07) is 0. The van der Waals surface area contributed by atoms with Crippen LogP contribution >= 0.6 is 0 Å². The highest BCUT2D eigenvalue weighted by atomic mass is 16.3. The third-order valence-corrected chi connectivity index (χ3v) is 3.12. The molecule has 0 saturated carbocycles. The predicted octanol–water partition coefficient (Wildman–Crippen LogP) is -0.324. The van der Waals surface area contributed by atoms with Gasteiger partial charge in [-0.3, -0.25) is 9.69 Å². The SMILES string of the molecule is O=C(CN(CCO)CCCO)N1CCCCC1. The molecule has 0 atom stereocenters. The number of rotatable bonds is 7. The minimum Gasteiger partial charge on any atom is -0.396 e. The molecule has 17 heavy (non-hydrogen) atoms. The first-order valence-corrected chi connectivity index (χ1v) is 6.49. The Morgan fingerprint density at radius 3 is 2.35 bits per heavy atom. The summed E-state index contributed by atoms with van der Waals surface area (Å²) in [4.78, 5) is 15.8. The van der Waals surface area contributed by atoms with Crippen LogP contribution in [0.4, 0.5) is 0 Å². The fourth-order valence-corrected chi connectivity index (χ4v) is 2.14. The van der Waals surface area contributed by atoms with Gasteiger partial charge in [-0.25, -0.2) is 0 Å². The highest BCUT2D eigenvalue weighted by Crippen LogP contribution is 2.09. The van der Waals surface area contributed by atoms with Crippen molar-refractivity contribution in [2.24, 2.45) is 0 Å². The van der Waals surface area contributed by atoms with Gasteiger partial charge in [-0.15, -0.1) is 0 Å². The van der Waals surface area contributed by atoms with E-state index in [2.05, 4.69) is 0 Å². The zero-order valence-corrected chi connectivity index (χ0v) is 10.5. The van der Waals surface area contributed by atoms with Crippen LogP contribution in [-0.2, 0) is 4.79 Å². The van der Waals surface area contributed by atoms with Crippen LogP contribution < -0.4 is 0 Å². The normalized spacial score (nSPS) is 16.5. The van der Waals surface area contributed by atoms with Crippen molar-refractivity contribution in [3.05, 3.63) is 0 Å². The topological polar surface area (TPSA) is 64.0 Å². The van der Waals surface area contributed by atoms with Crippen LogP contribution in [0.2, 0.25) is 0 Å². The summed E-state index contributed by atoms with van der Waals surface area (Å²) in [7, 11) is 0. The maximum Gasteiger partial charge on any atom is 0.236 e. The number of carbonyl (C=O) groups is 1. The molecule has 1 aliphatic heterocycles. The van der Waals surface area contributed by atoms with Crippen molar-refractivity contribution in [2.75, 3.05) is 45.9 Å². The van der Waals surface area contributed by atoms with E-state index in [0.717, 1.165) is 25.9 Å². The second-order valence-corrected chi connectivity index (χ2v) is 4.52. The zero-order valence-electron chi connectivity index (χ0n) is 10.5. The molecule has 1 fully saturated rings. The van der Waals surface area contributed by atoms with Crippen molar-refractivity contribution in [1.29, 1.82) is 0 Å². The molecule has 0 radical (unpaired) electrons. The van der Waals surface area contributed by atoms with Crippen LogP contribution in [0, 0.1) is 0 Å². The van der Waals surface area contributed by atoms with Crippen LogP contribution in [0.15, 0.2) is 0 Å². The van der Waals surface area contributed by atoms with Crippen molar-refractivity contribution in [1.82, 2.24) is 9.80 Å². The van der Waals surface area contributed by atoms with Crippen molar-refractivity contribution < 1.29 is 15.0 Å². The molecule has 0 bridgehead atoms. The fourth-order valence-electron chi connectivity index (χ4n) is 2.14. The smallest absolute Gasteiger partial charge is 0.236 e. The van der Waals surface area contributed by atoms with Crippen LogP contribution in [-0.4, -0.2) is 71.9 Å². The molecule has 0 aromatic heterocycles. The number of likely N-dealkylation sites (tertiary alicyclic amines) is 1. The monoisotopic (exact) mass is 244 g/mol. The van der Waals surface area contributed by atoms with Gasteiger partial charge in [-0.1, -0.05) is 0 Å². The summed E-state index contributed by atoms with van der Waals surface area (Å²) in [5.41, 5.74) is 0. The average Bonchev–Trinajstić information content (AvgIpc) is 2.37. The molecule has 100 valence electrons. The molecule has 5 nitrogen and oxygen atoms in total. The zero-order chi connectivity index (χ0) is 12.5. The molecule has 1 amide bonds.